The van der Waals surface area contributed by atoms with E-state index in [2.05, 4.69) is 29.7 Å². The van der Waals surface area contributed by atoms with Crippen molar-refractivity contribution >= 4 is 13.8 Å². The topological polar surface area (TPSA) is 66.0 Å². The molecule has 0 saturated heterocycles. The van der Waals surface area contributed by atoms with Crippen molar-refractivity contribution in [3.63, 3.8) is 0 Å². The fourth-order valence-electron chi connectivity index (χ4n) is 1.74. The second-order valence-corrected chi connectivity index (χ2v) is 11.7. The van der Waals surface area contributed by atoms with Gasteiger partial charge in [0.15, 0.2) is 5.82 Å². The lowest BCUT2D eigenvalue weighted by atomic mass is 10.2. The van der Waals surface area contributed by atoms with Crippen LogP contribution in [0.4, 0.5) is 5.69 Å². The van der Waals surface area contributed by atoms with Gasteiger partial charge in [-0.05, 0) is 30.3 Å². The molecule has 2 rings (SSSR count). The van der Waals surface area contributed by atoms with E-state index in [1.807, 2.05) is 24.3 Å². The highest BCUT2D eigenvalue weighted by Crippen LogP contribution is 2.18. The fourth-order valence-corrected chi connectivity index (χ4v) is 2.50. The monoisotopic (exact) mass is 290 g/mol. The Labute approximate surface area is 120 Å². The van der Waals surface area contributed by atoms with Gasteiger partial charge >= 0.3 is 0 Å². The molecule has 6 heteroatoms. The van der Waals surface area contributed by atoms with Crippen molar-refractivity contribution in [2.45, 2.75) is 32.4 Å². The molecule has 0 fully saturated rings. The summed E-state index contributed by atoms with van der Waals surface area (Å²) in [5.41, 5.74) is 7.43. The van der Waals surface area contributed by atoms with E-state index in [1.165, 1.54) is 0 Å². The molecule has 1 heterocycles. The largest absolute Gasteiger partial charge is 0.399 e. The smallest absolute Gasteiger partial charge is 0.160 e. The summed E-state index contributed by atoms with van der Waals surface area (Å²) in [5.74, 6) is 0.804. The van der Waals surface area contributed by atoms with Crippen molar-refractivity contribution in [3.05, 3.63) is 30.6 Å². The molecule has 2 aromatic rings. The molecule has 1 aromatic heterocycles. The Kier molecular flexibility index (Phi) is 4.56. The van der Waals surface area contributed by atoms with Crippen LogP contribution in [0.5, 0.6) is 0 Å². The zero-order valence-corrected chi connectivity index (χ0v) is 13.3. The van der Waals surface area contributed by atoms with Gasteiger partial charge in [0.2, 0.25) is 0 Å². The van der Waals surface area contributed by atoms with Crippen LogP contribution in [0.15, 0.2) is 30.6 Å². The first-order valence-electron chi connectivity index (χ1n) is 6.77. The van der Waals surface area contributed by atoms with E-state index in [1.54, 1.807) is 11.0 Å². The molecule has 0 aliphatic heterocycles. The summed E-state index contributed by atoms with van der Waals surface area (Å²) in [6, 6.07) is 8.76. The van der Waals surface area contributed by atoms with Crippen molar-refractivity contribution in [1.82, 2.24) is 14.8 Å². The first-order chi connectivity index (χ1) is 9.46. The van der Waals surface area contributed by atoms with Gasteiger partial charge in [0.05, 0.1) is 0 Å². The Hall–Kier alpha value is -1.66. The van der Waals surface area contributed by atoms with Crippen molar-refractivity contribution in [3.8, 4) is 11.4 Å². The summed E-state index contributed by atoms with van der Waals surface area (Å²) in [4.78, 5) is 4.28. The molecule has 5 nitrogen and oxygen atoms in total. The number of benzene rings is 1. The lowest BCUT2D eigenvalue weighted by Crippen LogP contribution is -2.22. The Bertz CT molecular complexity index is 545. The molecule has 0 spiro atoms. The molecular formula is C14H22N4OSi. The molecule has 0 aliphatic carbocycles. The van der Waals surface area contributed by atoms with Crippen LogP contribution < -0.4 is 5.73 Å². The summed E-state index contributed by atoms with van der Waals surface area (Å²) in [6.45, 7) is 8.23. The number of nitrogens with two attached hydrogens (primary N) is 1. The highest BCUT2D eigenvalue weighted by molar-refractivity contribution is 6.76. The van der Waals surface area contributed by atoms with Gasteiger partial charge in [-0.3, -0.25) is 0 Å². The third-order valence-corrected chi connectivity index (χ3v) is 4.70. The Balaban J connectivity index is 1.97. The van der Waals surface area contributed by atoms with Crippen LogP contribution in [-0.4, -0.2) is 29.4 Å². The van der Waals surface area contributed by atoms with Gasteiger partial charge in [-0.15, -0.1) is 0 Å². The molecule has 1 aromatic carbocycles. The number of rotatable bonds is 6. The van der Waals surface area contributed by atoms with Gasteiger partial charge in [-0.2, -0.15) is 5.10 Å². The van der Waals surface area contributed by atoms with E-state index in [0.29, 0.717) is 6.73 Å². The van der Waals surface area contributed by atoms with Crippen LogP contribution >= 0.6 is 0 Å². The second-order valence-electron chi connectivity index (χ2n) is 6.05. The highest BCUT2D eigenvalue weighted by atomic mass is 28.3. The lowest BCUT2D eigenvalue weighted by Gasteiger charge is -2.15. The molecule has 0 bridgehead atoms. The first-order valence-corrected chi connectivity index (χ1v) is 10.5. The molecule has 0 saturated carbocycles. The van der Waals surface area contributed by atoms with E-state index in [-0.39, 0.29) is 0 Å². The van der Waals surface area contributed by atoms with E-state index >= 15 is 0 Å². The number of aromatic nitrogens is 3. The van der Waals surface area contributed by atoms with Crippen LogP contribution in [0.2, 0.25) is 25.7 Å². The normalized spacial score (nSPS) is 11.8. The number of hydrogen-bond acceptors (Lipinski definition) is 4. The number of anilines is 1. The van der Waals surface area contributed by atoms with E-state index in [0.717, 1.165) is 29.7 Å². The predicted molar refractivity (Wildman–Crippen MR) is 84.0 cm³/mol. The van der Waals surface area contributed by atoms with Crippen molar-refractivity contribution in [2.75, 3.05) is 12.3 Å². The fraction of sp³-hybridized carbons (Fsp3) is 0.429. The molecule has 0 unspecified atom stereocenters. The predicted octanol–water partition coefficient (Wildman–Crippen LogP) is 2.84. The number of nitrogen functional groups attached to an aromatic ring is 1. The average molecular weight is 290 g/mol. The Morgan fingerprint density at radius 1 is 1.20 bits per heavy atom. The zero-order chi connectivity index (χ0) is 14.6. The van der Waals surface area contributed by atoms with Crippen LogP contribution in [-0.2, 0) is 11.5 Å². The minimum atomic E-state index is -1.05. The zero-order valence-electron chi connectivity index (χ0n) is 12.3. The van der Waals surface area contributed by atoms with Gasteiger partial charge in [0, 0.05) is 25.9 Å². The van der Waals surface area contributed by atoms with E-state index in [9.17, 15) is 0 Å². The van der Waals surface area contributed by atoms with Crippen molar-refractivity contribution in [2.24, 2.45) is 0 Å². The van der Waals surface area contributed by atoms with Gasteiger partial charge in [-0.1, -0.05) is 19.6 Å². The molecule has 20 heavy (non-hydrogen) atoms. The van der Waals surface area contributed by atoms with Crippen LogP contribution in [0.3, 0.4) is 0 Å². The summed E-state index contributed by atoms with van der Waals surface area (Å²) < 4.78 is 7.48. The average Bonchev–Trinajstić information content (AvgIpc) is 2.83. The number of ether oxygens (including phenoxy) is 1. The van der Waals surface area contributed by atoms with Crippen molar-refractivity contribution in [1.29, 1.82) is 0 Å². The second kappa shape index (κ2) is 6.19. The SMILES string of the molecule is C[Si](C)(C)CCOCn1ncnc1-c1ccc(N)cc1. The van der Waals surface area contributed by atoms with Crippen LogP contribution in [0, 0.1) is 0 Å². The number of nitrogens with zero attached hydrogens (tertiary/aromatic N) is 3. The molecule has 108 valence electrons. The third kappa shape index (κ3) is 4.18. The molecule has 0 atom stereocenters. The minimum Gasteiger partial charge on any atom is -0.399 e. The van der Waals surface area contributed by atoms with Crippen LogP contribution in [0.25, 0.3) is 11.4 Å². The first kappa shape index (κ1) is 14.7. The molecule has 0 radical (unpaired) electrons. The standard InChI is InChI=1S/C14H22N4OSi/c1-20(2,3)9-8-19-11-18-14(16-10-17-18)12-4-6-13(15)7-5-12/h4-7,10H,8-9,11,15H2,1-3H3. The summed E-state index contributed by atoms with van der Waals surface area (Å²) in [5, 5.41) is 4.21. The van der Waals surface area contributed by atoms with E-state index in [4.69, 9.17) is 10.5 Å². The minimum absolute atomic E-state index is 0.435. The summed E-state index contributed by atoms with van der Waals surface area (Å²) in [7, 11) is -1.05. The quantitative estimate of drug-likeness (QED) is 0.505. The number of hydrogen-bond donors (Lipinski definition) is 1. The van der Waals surface area contributed by atoms with Gasteiger partial charge in [0.1, 0.15) is 13.1 Å². The summed E-state index contributed by atoms with van der Waals surface area (Å²) >= 11 is 0. The lowest BCUT2D eigenvalue weighted by molar-refractivity contribution is 0.0796. The molecule has 2 N–H and O–H groups in total. The molecule has 0 amide bonds. The van der Waals surface area contributed by atoms with Gasteiger partial charge in [-0.25, -0.2) is 9.67 Å². The Morgan fingerprint density at radius 2 is 1.90 bits per heavy atom. The van der Waals surface area contributed by atoms with Crippen LogP contribution in [0.1, 0.15) is 0 Å². The van der Waals surface area contributed by atoms with Gasteiger partial charge < -0.3 is 10.5 Å². The van der Waals surface area contributed by atoms with E-state index < -0.39 is 8.07 Å². The highest BCUT2D eigenvalue weighted by Gasteiger charge is 2.12. The third-order valence-electron chi connectivity index (χ3n) is 2.99. The molecule has 0 aliphatic rings. The maximum absolute atomic E-state index is 5.71. The maximum atomic E-state index is 5.71. The Morgan fingerprint density at radius 3 is 2.55 bits per heavy atom. The van der Waals surface area contributed by atoms with Gasteiger partial charge in [0.25, 0.3) is 0 Å². The van der Waals surface area contributed by atoms with Crippen molar-refractivity contribution < 1.29 is 4.74 Å². The maximum Gasteiger partial charge on any atom is 0.160 e. The summed E-state index contributed by atoms with van der Waals surface area (Å²) in [6.07, 6.45) is 1.55. The molecular weight excluding hydrogens is 268 g/mol.